The second-order valence-electron chi connectivity index (χ2n) is 7.21. The molecule has 2 aromatic carbocycles. The molecule has 0 aliphatic carbocycles. The molecule has 6 heteroatoms. The third-order valence-corrected chi connectivity index (χ3v) is 5.43. The van der Waals surface area contributed by atoms with Gasteiger partial charge in [0, 0.05) is 44.1 Å². The fourth-order valence-corrected chi connectivity index (χ4v) is 3.79. The van der Waals surface area contributed by atoms with Crippen LogP contribution in [0.1, 0.15) is 18.5 Å². The maximum atomic E-state index is 12.7. The molecule has 0 unspecified atom stereocenters. The van der Waals surface area contributed by atoms with Crippen molar-refractivity contribution in [3.8, 4) is 0 Å². The van der Waals surface area contributed by atoms with Crippen molar-refractivity contribution in [2.75, 3.05) is 37.6 Å². The van der Waals surface area contributed by atoms with Gasteiger partial charge in [-0.2, -0.15) is 0 Å². The molecule has 1 aliphatic heterocycles. The Labute approximate surface area is 165 Å². The van der Waals surface area contributed by atoms with Crippen LogP contribution in [0.25, 0.3) is 10.8 Å². The van der Waals surface area contributed by atoms with Gasteiger partial charge in [-0.25, -0.2) is 9.97 Å². The minimum Gasteiger partial charge on any atom is -0.337 e. The van der Waals surface area contributed by atoms with Crippen molar-refractivity contribution in [3.63, 3.8) is 0 Å². The van der Waals surface area contributed by atoms with Crippen LogP contribution < -0.4 is 10.2 Å². The summed E-state index contributed by atoms with van der Waals surface area (Å²) in [7, 11) is 0. The summed E-state index contributed by atoms with van der Waals surface area (Å²) in [6, 6.07) is 16.8. The lowest BCUT2D eigenvalue weighted by molar-refractivity contribution is -0.682. The van der Waals surface area contributed by atoms with Crippen LogP contribution in [0.3, 0.4) is 0 Å². The smallest absolute Gasteiger partial charge is 0.277 e. The molecule has 28 heavy (non-hydrogen) atoms. The molecular weight excluding hydrogens is 350 g/mol. The van der Waals surface area contributed by atoms with E-state index in [2.05, 4.69) is 69.6 Å². The number of piperazine rings is 1. The van der Waals surface area contributed by atoms with Gasteiger partial charge in [-0.1, -0.05) is 42.5 Å². The van der Waals surface area contributed by atoms with Crippen molar-refractivity contribution in [2.45, 2.75) is 13.0 Å². The number of fused-ring (bicyclic) bond motifs is 1. The number of amides is 1. The van der Waals surface area contributed by atoms with Crippen molar-refractivity contribution >= 4 is 22.6 Å². The first kappa shape index (κ1) is 18.4. The normalized spacial score (nSPS) is 15.6. The first-order valence-electron chi connectivity index (χ1n) is 9.83. The zero-order chi connectivity index (χ0) is 19.3. The molecule has 0 spiro atoms. The summed E-state index contributed by atoms with van der Waals surface area (Å²) in [5, 5.41) is 4.64. The summed E-state index contributed by atoms with van der Waals surface area (Å²) >= 11 is 0. The number of aromatic nitrogens is 2. The minimum absolute atomic E-state index is 0.195. The van der Waals surface area contributed by atoms with Crippen LogP contribution in [0.2, 0.25) is 0 Å². The van der Waals surface area contributed by atoms with Crippen LogP contribution in [-0.4, -0.2) is 53.5 Å². The van der Waals surface area contributed by atoms with Gasteiger partial charge in [-0.15, -0.1) is 0 Å². The lowest BCUT2D eigenvalue weighted by atomic mass is 10.00. The maximum absolute atomic E-state index is 12.7. The average Bonchev–Trinajstić information content (AvgIpc) is 2.77. The maximum Gasteiger partial charge on any atom is 0.277 e. The van der Waals surface area contributed by atoms with Gasteiger partial charge >= 0.3 is 0 Å². The van der Waals surface area contributed by atoms with Crippen LogP contribution in [0.5, 0.6) is 0 Å². The Balaban J connectivity index is 1.32. The van der Waals surface area contributed by atoms with Crippen LogP contribution in [0.15, 0.2) is 60.9 Å². The Morgan fingerprint density at radius 1 is 1.00 bits per heavy atom. The van der Waals surface area contributed by atoms with Gasteiger partial charge in [0.15, 0.2) is 6.54 Å². The molecule has 1 aliphatic rings. The van der Waals surface area contributed by atoms with Gasteiger partial charge in [0.1, 0.15) is 6.04 Å². The molecule has 144 valence electrons. The number of anilines is 1. The Kier molecular flexibility index (Phi) is 5.48. The molecule has 1 fully saturated rings. The quantitative estimate of drug-likeness (QED) is 0.735. The standard InChI is InChI=1S/C22H25N5O/c1-17(19-9-4-7-18-6-2-3-8-20(18)19)25-16-21(28)26-12-14-27(15-13-26)22-23-10-5-11-24-22/h2-11,17,25H,12-16H2,1H3/p+1/t17-/m0/s1. The summed E-state index contributed by atoms with van der Waals surface area (Å²) in [6.07, 6.45) is 3.51. The summed E-state index contributed by atoms with van der Waals surface area (Å²) < 4.78 is 0. The highest BCUT2D eigenvalue weighted by molar-refractivity contribution is 5.86. The molecule has 6 nitrogen and oxygen atoms in total. The van der Waals surface area contributed by atoms with Crippen LogP contribution in [0, 0.1) is 0 Å². The Morgan fingerprint density at radius 3 is 2.50 bits per heavy atom. The van der Waals surface area contributed by atoms with E-state index in [1.807, 2.05) is 11.0 Å². The van der Waals surface area contributed by atoms with Crippen molar-refractivity contribution in [1.82, 2.24) is 14.9 Å². The molecule has 3 aromatic rings. The highest BCUT2D eigenvalue weighted by atomic mass is 16.2. The first-order chi connectivity index (χ1) is 13.7. The van der Waals surface area contributed by atoms with Crippen molar-refractivity contribution in [2.24, 2.45) is 0 Å². The molecule has 2 N–H and O–H groups in total. The minimum atomic E-state index is 0.195. The molecule has 0 radical (unpaired) electrons. The van der Waals surface area contributed by atoms with E-state index in [0.717, 1.165) is 19.0 Å². The number of carbonyl (C=O) groups excluding carboxylic acids is 1. The Morgan fingerprint density at radius 2 is 1.71 bits per heavy atom. The predicted octanol–water partition coefficient (Wildman–Crippen LogP) is 1.60. The lowest BCUT2D eigenvalue weighted by Crippen LogP contribution is -2.87. The van der Waals surface area contributed by atoms with Gasteiger partial charge in [-0.3, -0.25) is 4.79 Å². The summed E-state index contributed by atoms with van der Waals surface area (Å²) in [5.41, 5.74) is 1.27. The Bertz CT molecular complexity index is 933. The summed E-state index contributed by atoms with van der Waals surface area (Å²) in [6.45, 7) is 5.61. The van der Waals surface area contributed by atoms with Crippen LogP contribution in [0.4, 0.5) is 5.95 Å². The van der Waals surface area contributed by atoms with Gasteiger partial charge in [-0.05, 0) is 23.8 Å². The monoisotopic (exact) mass is 376 g/mol. The second-order valence-corrected chi connectivity index (χ2v) is 7.21. The van der Waals surface area contributed by atoms with E-state index >= 15 is 0 Å². The first-order valence-corrected chi connectivity index (χ1v) is 9.83. The van der Waals surface area contributed by atoms with Gasteiger partial charge in [0.2, 0.25) is 5.95 Å². The zero-order valence-electron chi connectivity index (χ0n) is 16.2. The van der Waals surface area contributed by atoms with Gasteiger partial charge in [0.25, 0.3) is 5.91 Å². The molecule has 0 bridgehead atoms. The molecule has 0 saturated carbocycles. The van der Waals surface area contributed by atoms with Gasteiger partial charge in [0.05, 0.1) is 0 Å². The number of nitrogens with zero attached hydrogens (tertiary/aromatic N) is 4. The molecule has 1 saturated heterocycles. The summed E-state index contributed by atoms with van der Waals surface area (Å²) in [4.78, 5) is 25.4. The van der Waals surface area contributed by atoms with E-state index in [0.29, 0.717) is 19.6 Å². The highest BCUT2D eigenvalue weighted by Gasteiger charge is 2.24. The van der Waals surface area contributed by atoms with Crippen molar-refractivity contribution in [1.29, 1.82) is 0 Å². The molecule has 4 rings (SSSR count). The predicted molar refractivity (Wildman–Crippen MR) is 110 cm³/mol. The number of carbonyl (C=O) groups is 1. The van der Waals surface area contributed by atoms with Crippen molar-refractivity contribution < 1.29 is 10.1 Å². The molecular formula is C22H26N5O+. The number of hydrogen-bond donors (Lipinski definition) is 1. The number of hydrogen-bond acceptors (Lipinski definition) is 4. The average molecular weight is 376 g/mol. The lowest BCUT2D eigenvalue weighted by Gasteiger charge is -2.34. The van der Waals surface area contributed by atoms with E-state index in [1.54, 1.807) is 12.4 Å². The number of nitrogens with two attached hydrogens (primary N) is 1. The van der Waals surface area contributed by atoms with E-state index in [1.165, 1.54) is 16.3 Å². The number of rotatable bonds is 5. The topological polar surface area (TPSA) is 65.9 Å². The fraction of sp³-hybridized carbons (Fsp3) is 0.318. The molecule has 1 aromatic heterocycles. The van der Waals surface area contributed by atoms with E-state index in [-0.39, 0.29) is 11.9 Å². The van der Waals surface area contributed by atoms with Crippen LogP contribution >= 0.6 is 0 Å². The van der Waals surface area contributed by atoms with Crippen molar-refractivity contribution in [3.05, 3.63) is 66.5 Å². The zero-order valence-corrected chi connectivity index (χ0v) is 16.2. The third-order valence-electron chi connectivity index (χ3n) is 5.43. The summed E-state index contributed by atoms with van der Waals surface area (Å²) in [5.74, 6) is 0.937. The molecule has 2 heterocycles. The number of quaternary nitrogens is 1. The fourth-order valence-electron chi connectivity index (χ4n) is 3.79. The Hall–Kier alpha value is -2.99. The molecule has 1 atom stereocenters. The highest BCUT2D eigenvalue weighted by Crippen LogP contribution is 2.22. The van der Waals surface area contributed by atoms with Crippen LogP contribution in [-0.2, 0) is 4.79 Å². The molecule has 1 amide bonds. The van der Waals surface area contributed by atoms with E-state index in [9.17, 15) is 4.79 Å². The SMILES string of the molecule is C[C@H]([NH2+]CC(=O)N1CCN(c2ncccn2)CC1)c1cccc2ccccc12. The number of benzene rings is 2. The van der Waals surface area contributed by atoms with Gasteiger partial charge < -0.3 is 15.1 Å². The van der Waals surface area contributed by atoms with E-state index < -0.39 is 0 Å². The third kappa shape index (κ3) is 3.97. The van der Waals surface area contributed by atoms with E-state index in [4.69, 9.17) is 0 Å². The second kappa shape index (κ2) is 8.35. The largest absolute Gasteiger partial charge is 0.337 e.